The quantitative estimate of drug-likeness (QED) is 0.0338. The normalized spacial score (nSPS) is 13.9. The lowest BCUT2D eigenvalue weighted by Gasteiger charge is -2.17. The summed E-state index contributed by atoms with van der Waals surface area (Å²) in [5.41, 5.74) is 0. The Morgan fingerprint density at radius 1 is 0.580 bits per heavy atom. The molecule has 0 bridgehead atoms. The van der Waals surface area contributed by atoms with E-state index in [1.165, 1.54) is 96.3 Å². The van der Waals surface area contributed by atoms with Crippen molar-refractivity contribution >= 4 is 11.9 Å². The van der Waals surface area contributed by atoms with Gasteiger partial charge in [-0.2, -0.15) is 0 Å². The summed E-state index contributed by atoms with van der Waals surface area (Å²) < 4.78 is 10.5. The van der Waals surface area contributed by atoms with Crippen LogP contribution in [-0.2, 0) is 19.1 Å². The summed E-state index contributed by atoms with van der Waals surface area (Å²) in [4.78, 5) is 24.3. The van der Waals surface area contributed by atoms with Crippen LogP contribution in [0.25, 0.3) is 0 Å². The molecule has 7 nitrogen and oxygen atoms in total. The van der Waals surface area contributed by atoms with Gasteiger partial charge in [0, 0.05) is 12.8 Å². The van der Waals surface area contributed by atoms with Crippen molar-refractivity contribution in [2.24, 2.45) is 5.92 Å². The minimum Gasteiger partial charge on any atom is -0.462 e. The highest BCUT2D eigenvalue weighted by Gasteiger charge is 2.18. The highest BCUT2D eigenvalue weighted by Crippen LogP contribution is 2.15. The van der Waals surface area contributed by atoms with E-state index in [2.05, 4.69) is 45.1 Å². The molecule has 292 valence electrons. The number of carbonyl (C=O) groups is 2. The maximum absolute atomic E-state index is 12.2. The lowest BCUT2D eigenvalue weighted by atomic mass is 10.0. The Labute approximate surface area is 307 Å². The van der Waals surface area contributed by atoms with Crippen LogP contribution in [0.5, 0.6) is 0 Å². The van der Waals surface area contributed by atoms with E-state index in [1.54, 1.807) is 0 Å². The third-order valence-electron chi connectivity index (χ3n) is 9.07. The van der Waals surface area contributed by atoms with Crippen LogP contribution in [-0.4, -0.2) is 58.8 Å². The number of esters is 2. The van der Waals surface area contributed by atoms with Crippen LogP contribution < -0.4 is 0 Å². The molecule has 0 heterocycles. The zero-order valence-corrected chi connectivity index (χ0v) is 32.5. The van der Waals surface area contributed by atoms with E-state index in [4.69, 9.17) is 9.47 Å². The first-order chi connectivity index (χ1) is 24.3. The van der Waals surface area contributed by atoms with Gasteiger partial charge in [0.1, 0.15) is 6.61 Å². The Hall–Kier alpha value is -1.96. The zero-order chi connectivity index (χ0) is 36.9. The lowest BCUT2D eigenvalue weighted by molar-refractivity contribution is -0.161. The van der Waals surface area contributed by atoms with Gasteiger partial charge < -0.3 is 24.8 Å². The molecule has 0 aliphatic heterocycles. The Kier molecular flexibility index (Phi) is 35.4. The Bertz CT molecular complexity index is 850. The predicted molar refractivity (Wildman–Crippen MR) is 208 cm³/mol. The largest absolute Gasteiger partial charge is 0.462 e. The maximum Gasteiger partial charge on any atom is 0.306 e. The van der Waals surface area contributed by atoms with Crippen LogP contribution in [0.3, 0.4) is 0 Å². The second-order valence-corrected chi connectivity index (χ2v) is 14.5. The Balaban J connectivity index is 3.77. The van der Waals surface area contributed by atoms with E-state index in [-0.39, 0.29) is 25.4 Å². The molecule has 0 rings (SSSR count). The third kappa shape index (κ3) is 34.5. The van der Waals surface area contributed by atoms with E-state index in [1.807, 2.05) is 12.2 Å². The number of rotatable bonds is 36. The van der Waals surface area contributed by atoms with Crippen LogP contribution in [0, 0.1) is 5.92 Å². The van der Waals surface area contributed by atoms with Gasteiger partial charge in [0.25, 0.3) is 0 Å². The standard InChI is InChI=1S/C43H78O7/c1-4-5-6-7-8-9-10-16-19-22-25-28-32-40(45)41(46)33-30-35-42(47)49-37-39(36-44)50-43(48)34-29-26-23-20-17-14-12-11-13-15-18-21-24-27-31-38(2)3/h8-9,16,19,25,28,38-41,44-46H,4-7,10-15,17-18,20-24,26-27,29-37H2,1-3H3/b9-8-,19-16-,28-25-/t39-,40?,41?/m0/s1. The first-order valence-electron chi connectivity index (χ1n) is 20.6. The molecule has 2 unspecified atom stereocenters. The molecule has 0 saturated heterocycles. The van der Waals surface area contributed by atoms with Crippen LogP contribution in [0.2, 0.25) is 0 Å². The number of unbranched alkanes of at least 4 members (excludes halogenated alkanes) is 16. The number of hydrogen-bond acceptors (Lipinski definition) is 7. The van der Waals surface area contributed by atoms with Gasteiger partial charge in [0.2, 0.25) is 0 Å². The van der Waals surface area contributed by atoms with Crippen molar-refractivity contribution < 1.29 is 34.4 Å². The van der Waals surface area contributed by atoms with Crippen molar-refractivity contribution in [3.63, 3.8) is 0 Å². The molecule has 7 heteroatoms. The van der Waals surface area contributed by atoms with Gasteiger partial charge in [-0.05, 0) is 57.3 Å². The smallest absolute Gasteiger partial charge is 0.306 e. The third-order valence-corrected chi connectivity index (χ3v) is 9.07. The number of allylic oxidation sites excluding steroid dienone is 5. The molecule has 0 spiro atoms. The fraction of sp³-hybridized carbons (Fsp3) is 0.814. The van der Waals surface area contributed by atoms with Crippen molar-refractivity contribution in [2.45, 2.75) is 206 Å². The molecule has 0 aromatic heterocycles. The fourth-order valence-corrected chi connectivity index (χ4v) is 5.78. The lowest BCUT2D eigenvalue weighted by Crippen LogP contribution is -2.28. The molecule has 0 radical (unpaired) electrons. The van der Waals surface area contributed by atoms with E-state index in [0.717, 1.165) is 44.4 Å². The zero-order valence-electron chi connectivity index (χ0n) is 32.5. The number of aliphatic hydroxyl groups is 3. The van der Waals surface area contributed by atoms with E-state index >= 15 is 0 Å². The summed E-state index contributed by atoms with van der Waals surface area (Å²) >= 11 is 0. The van der Waals surface area contributed by atoms with Crippen molar-refractivity contribution in [1.29, 1.82) is 0 Å². The minimum atomic E-state index is -0.930. The number of carbonyl (C=O) groups excluding carboxylic acids is 2. The topological polar surface area (TPSA) is 113 Å². The van der Waals surface area contributed by atoms with Gasteiger partial charge in [-0.15, -0.1) is 0 Å². The minimum absolute atomic E-state index is 0.0717. The summed E-state index contributed by atoms with van der Waals surface area (Å²) in [5.74, 6) is -0.0348. The number of ether oxygens (including phenoxy) is 2. The molecule has 0 aliphatic carbocycles. The van der Waals surface area contributed by atoms with Crippen molar-refractivity contribution in [3.8, 4) is 0 Å². The molecular weight excluding hydrogens is 628 g/mol. The van der Waals surface area contributed by atoms with Crippen molar-refractivity contribution in [2.75, 3.05) is 13.2 Å². The molecular formula is C43H78O7. The van der Waals surface area contributed by atoms with Gasteiger partial charge in [0.05, 0.1) is 18.8 Å². The summed E-state index contributed by atoms with van der Waals surface area (Å²) in [6, 6.07) is 0. The van der Waals surface area contributed by atoms with Gasteiger partial charge in [-0.25, -0.2) is 0 Å². The van der Waals surface area contributed by atoms with Gasteiger partial charge in [-0.1, -0.05) is 160 Å². The highest BCUT2D eigenvalue weighted by atomic mass is 16.6. The first kappa shape index (κ1) is 48.0. The molecule has 0 aliphatic rings. The van der Waals surface area contributed by atoms with Crippen LogP contribution in [0.4, 0.5) is 0 Å². The van der Waals surface area contributed by atoms with E-state index in [0.29, 0.717) is 19.3 Å². The Morgan fingerprint density at radius 2 is 1.10 bits per heavy atom. The monoisotopic (exact) mass is 707 g/mol. The Morgan fingerprint density at radius 3 is 1.66 bits per heavy atom. The summed E-state index contributed by atoms with van der Waals surface area (Å²) in [5, 5.41) is 30.0. The first-order valence-corrected chi connectivity index (χ1v) is 20.6. The molecule has 3 atom stereocenters. The average Bonchev–Trinajstić information content (AvgIpc) is 3.09. The maximum atomic E-state index is 12.2. The van der Waals surface area contributed by atoms with Gasteiger partial charge in [0.15, 0.2) is 6.10 Å². The molecule has 0 aromatic carbocycles. The summed E-state index contributed by atoms with van der Waals surface area (Å²) in [6.07, 6.45) is 36.7. The molecule has 0 amide bonds. The molecule has 0 aromatic rings. The highest BCUT2D eigenvalue weighted by molar-refractivity contribution is 5.70. The molecule has 50 heavy (non-hydrogen) atoms. The fourth-order valence-electron chi connectivity index (χ4n) is 5.78. The van der Waals surface area contributed by atoms with Crippen LogP contribution in [0.15, 0.2) is 36.5 Å². The number of aliphatic hydroxyl groups excluding tert-OH is 3. The molecule has 0 saturated carbocycles. The van der Waals surface area contributed by atoms with Crippen LogP contribution in [0.1, 0.15) is 188 Å². The molecule has 0 fully saturated rings. The van der Waals surface area contributed by atoms with Crippen molar-refractivity contribution in [1.82, 2.24) is 0 Å². The van der Waals surface area contributed by atoms with Crippen molar-refractivity contribution in [3.05, 3.63) is 36.5 Å². The molecule has 3 N–H and O–H groups in total. The SMILES string of the molecule is CCCCC/C=C\C/C=C\C/C=C\CC(O)C(O)CCCC(=O)OC[C@H](CO)OC(=O)CCCCCCCCCCCCCCCCC(C)C. The summed E-state index contributed by atoms with van der Waals surface area (Å²) in [7, 11) is 0. The second kappa shape index (κ2) is 36.8. The second-order valence-electron chi connectivity index (χ2n) is 14.5. The van der Waals surface area contributed by atoms with Gasteiger partial charge in [-0.3, -0.25) is 9.59 Å². The predicted octanol–water partition coefficient (Wildman–Crippen LogP) is 10.6. The summed E-state index contributed by atoms with van der Waals surface area (Å²) in [6.45, 7) is 6.21. The van der Waals surface area contributed by atoms with E-state index < -0.39 is 30.9 Å². The van der Waals surface area contributed by atoms with E-state index in [9.17, 15) is 24.9 Å². The number of hydrogen-bond donors (Lipinski definition) is 3. The average molecular weight is 707 g/mol. The van der Waals surface area contributed by atoms with Gasteiger partial charge >= 0.3 is 11.9 Å². The van der Waals surface area contributed by atoms with Crippen LogP contribution >= 0.6 is 0 Å².